The van der Waals surface area contributed by atoms with E-state index in [0.29, 0.717) is 31.7 Å². The molecule has 1 unspecified atom stereocenters. The first-order valence-corrected chi connectivity index (χ1v) is 6.84. The van der Waals surface area contributed by atoms with E-state index >= 15 is 0 Å². The maximum Gasteiger partial charge on any atom is 0.263 e. The number of nitrogens with zero attached hydrogens (tertiary/aromatic N) is 1. The first kappa shape index (κ1) is 15.5. The summed E-state index contributed by atoms with van der Waals surface area (Å²) in [7, 11) is 0. The van der Waals surface area contributed by atoms with Crippen molar-refractivity contribution in [3.63, 3.8) is 0 Å². The monoisotopic (exact) mass is 265 g/mol. The summed E-state index contributed by atoms with van der Waals surface area (Å²) in [5.41, 5.74) is 0. The van der Waals surface area contributed by atoms with Gasteiger partial charge in [0.15, 0.2) is 6.10 Å². The Morgan fingerprint density at radius 3 is 2.53 bits per heavy atom. The maximum absolute atomic E-state index is 12.3. The van der Waals surface area contributed by atoms with Gasteiger partial charge in [0.25, 0.3) is 5.91 Å². The van der Waals surface area contributed by atoms with Crippen LogP contribution in [0.15, 0.2) is 30.3 Å². The van der Waals surface area contributed by atoms with Gasteiger partial charge in [0.2, 0.25) is 0 Å². The van der Waals surface area contributed by atoms with Gasteiger partial charge in [-0.05, 0) is 31.9 Å². The van der Waals surface area contributed by atoms with Crippen molar-refractivity contribution >= 4 is 5.91 Å². The van der Waals surface area contributed by atoms with E-state index in [0.717, 1.165) is 0 Å². The lowest BCUT2D eigenvalue weighted by molar-refractivity contribution is -0.138. The minimum Gasteiger partial charge on any atom is -0.481 e. The zero-order valence-electron chi connectivity index (χ0n) is 11.7. The van der Waals surface area contributed by atoms with Crippen LogP contribution in [0.5, 0.6) is 5.75 Å². The topological polar surface area (TPSA) is 49.8 Å². The highest BCUT2D eigenvalue weighted by molar-refractivity contribution is 5.81. The Morgan fingerprint density at radius 1 is 1.32 bits per heavy atom. The fourth-order valence-corrected chi connectivity index (χ4v) is 1.86. The molecule has 1 amide bonds. The van der Waals surface area contributed by atoms with E-state index in [2.05, 4.69) is 0 Å². The molecule has 0 radical (unpaired) electrons. The van der Waals surface area contributed by atoms with E-state index in [1.54, 1.807) is 4.90 Å². The highest BCUT2D eigenvalue weighted by Crippen LogP contribution is 2.14. The summed E-state index contributed by atoms with van der Waals surface area (Å²) < 4.78 is 5.73. The van der Waals surface area contributed by atoms with Crippen molar-refractivity contribution in [3.8, 4) is 5.75 Å². The third-order valence-corrected chi connectivity index (χ3v) is 2.95. The van der Waals surface area contributed by atoms with E-state index in [4.69, 9.17) is 9.84 Å². The van der Waals surface area contributed by atoms with E-state index in [1.165, 1.54) is 0 Å². The first-order valence-electron chi connectivity index (χ1n) is 6.84. The summed E-state index contributed by atoms with van der Waals surface area (Å²) in [6.07, 6.45) is 0.770. The van der Waals surface area contributed by atoms with Crippen LogP contribution in [0.3, 0.4) is 0 Å². The highest BCUT2D eigenvalue weighted by Gasteiger charge is 2.23. The predicted molar refractivity (Wildman–Crippen MR) is 75.1 cm³/mol. The highest BCUT2D eigenvalue weighted by atomic mass is 16.5. The van der Waals surface area contributed by atoms with Gasteiger partial charge in [-0.3, -0.25) is 4.79 Å². The van der Waals surface area contributed by atoms with E-state index < -0.39 is 6.10 Å². The number of rotatable bonds is 8. The molecular weight excluding hydrogens is 242 g/mol. The van der Waals surface area contributed by atoms with Crippen LogP contribution < -0.4 is 4.74 Å². The lowest BCUT2D eigenvalue weighted by Gasteiger charge is -2.26. The number of hydrogen-bond acceptors (Lipinski definition) is 3. The molecule has 0 spiro atoms. The second-order valence-corrected chi connectivity index (χ2v) is 4.32. The van der Waals surface area contributed by atoms with Gasteiger partial charge in [0.1, 0.15) is 5.75 Å². The fraction of sp³-hybridized carbons (Fsp3) is 0.533. The number of amides is 1. The van der Waals surface area contributed by atoms with Gasteiger partial charge in [-0.2, -0.15) is 0 Å². The molecule has 0 bridgehead atoms. The number of carbonyl (C=O) groups excluding carboxylic acids is 1. The number of likely N-dealkylation sites (N-methyl/N-ethyl adjacent to an activating group) is 1. The molecule has 0 saturated carbocycles. The molecule has 0 saturated heterocycles. The second-order valence-electron chi connectivity index (χ2n) is 4.32. The molecule has 1 N–H and O–H groups in total. The average Bonchev–Trinajstić information content (AvgIpc) is 2.46. The number of carbonyl (C=O) groups is 1. The normalized spacial score (nSPS) is 11.9. The molecule has 1 aromatic carbocycles. The number of para-hydroxylation sites is 1. The quantitative estimate of drug-likeness (QED) is 0.783. The average molecular weight is 265 g/mol. The van der Waals surface area contributed by atoms with Crippen molar-refractivity contribution in [3.05, 3.63) is 30.3 Å². The minimum absolute atomic E-state index is 0.0118. The number of aliphatic hydroxyl groups is 1. The molecule has 1 atom stereocenters. The lowest BCUT2D eigenvalue weighted by atomic mass is 10.2. The molecule has 19 heavy (non-hydrogen) atoms. The summed E-state index contributed by atoms with van der Waals surface area (Å²) in [5, 5.41) is 8.85. The van der Waals surface area contributed by atoms with Gasteiger partial charge >= 0.3 is 0 Å². The number of aliphatic hydroxyl groups excluding tert-OH is 1. The Balaban J connectivity index is 2.64. The molecule has 4 nitrogen and oxygen atoms in total. The molecule has 0 heterocycles. The van der Waals surface area contributed by atoms with Gasteiger partial charge in [0, 0.05) is 19.7 Å². The van der Waals surface area contributed by atoms with Gasteiger partial charge < -0.3 is 14.7 Å². The van der Waals surface area contributed by atoms with E-state index in [1.807, 2.05) is 44.2 Å². The Bertz CT molecular complexity index is 367. The number of hydrogen-bond donors (Lipinski definition) is 1. The Hall–Kier alpha value is -1.55. The van der Waals surface area contributed by atoms with E-state index in [-0.39, 0.29) is 12.5 Å². The molecule has 1 aromatic rings. The third-order valence-electron chi connectivity index (χ3n) is 2.95. The molecule has 0 fully saturated rings. The fourth-order valence-electron chi connectivity index (χ4n) is 1.86. The third kappa shape index (κ3) is 4.91. The first-order chi connectivity index (χ1) is 9.22. The number of benzene rings is 1. The van der Waals surface area contributed by atoms with Gasteiger partial charge in [-0.15, -0.1) is 0 Å². The lowest BCUT2D eigenvalue weighted by Crippen LogP contribution is -2.42. The van der Waals surface area contributed by atoms with Crippen LogP contribution >= 0.6 is 0 Å². The molecular formula is C15H23NO3. The van der Waals surface area contributed by atoms with Gasteiger partial charge in [-0.1, -0.05) is 25.1 Å². The SMILES string of the molecule is CCC(Oc1ccccc1)C(=O)N(CC)CCCO. The summed E-state index contributed by atoms with van der Waals surface area (Å²) in [4.78, 5) is 14.1. The molecule has 106 valence electrons. The largest absolute Gasteiger partial charge is 0.481 e. The van der Waals surface area contributed by atoms with Crippen LogP contribution in [0.4, 0.5) is 0 Å². The summed E-state index contributed by atoms with van der Waals surface area (Å²) in [5.74, 6) is 0.697. The van der Waals surface area contributed by atoms with Crippen LogP contribution in [0.1, 0.15) is 26.7 Å². The van der Waals surface area contributed by atoms with Crippen molar-refractivity contribution < 1.29 is 14.6 Å². The summed E-state index contributed by atoms with van der Waals surface area (Å²) in [6, 6.07) is 9.38. The predicted octanol–water partition coefficient (Wildman–Crippen LogP) is 2.07. The van der Waals surface area contributed by atoms with Crippen LogP contribution in [0, 0.1) is 0 Å². The zero-order chi connectivity index (χ0) is 14.1. The second kappa shape index (κ2) is 8.53. The standard InChI is InChI=1S/C15H23NO3/c1-3-14(19-13-9-6-5-7-10-13)15(18)16(4-2)11-8-12-17/h5-7,9-10,14,17H,3-4,8,11-12H2,1-2H3. The molecule has 4 heteroatoms. The van der Waals surface area contributed by atoms with Gasteiger partial charge in [0.05, 0.1) is 0 Å². The Labute approximate surface area is 115 Å². The molecule has 0 aliphatic carbocycles. The Morgan fingerprint density at radius 2 is 2.00 bits per heavy atom. The summed E-state index contributed by atoms with van der Waals surface area (Å²) >= 11 is 0. The smallest absolute Gasteiger partial charge is 0.263 e. The van der Waals surface area contributed by atoms with Crippen molar-refractivity contribution in [2.45, 2.75) is 32.8 Å². The van der Waals surface area contributed by atoms with Crippen LogP contribution in [-0.4, -0.2) is 41.7 Å². The van der Waals surface area contributed by atoms with Crippen LogP contribution in [0.2, 0.25) is 0 Å². The van der Waals surface area contributed by atoms with Crippen molar-refractivity contribution in [2.75, 3.05) is 19.7 Å². The molecule has 1 rings (SSSR count). The van der Waals surface area contributed by atoms with Crippen molar-refractivity contribution in [1.82, 2.24) is 4.90 Å². The summed E-state index contributed by atoms with van der Waals surface area (Å²) in [6.45, 7) is 5.17. The maximum atomic E-state index is 12.3. The number of ether oxygens (including phenoxy) is 1. The molecule has 0 aromatic heterocycles. The Kier molecular flexibility index (Phi) is 6.97. The van der Waals surface area contributed by atoms with Crippen molar-refractivity contribution in [2.24, 2.45) is 0 Å². The van der Waals surface area contributed by atoms with Crippen LogP contribution in [0.25, 0.3) is 0 Å². The van der Waals surface area contributed by atoms with E-state index in [9.17, 15) is 4.79 Å². The van der Waals surface area contributed by atoms with Crippen molar-refractivity contribution in [1.29, 1.82) is 0 Å². The van der Waals surface area contributed by atoms with Gasteiger partial charge in [-0.25, -0.2) is 0 Å². The van der Waals surface area contributed by atoms with Crippen LogP contribution in [-0.2, 0) is 4.79 Å². The molecule has 0 aliphatic heterocycles. The zero-order valence-corrected chi connectivity index (χ0v) is 11.7. The minimum atomic E-state index is -0.457. The molecule has 0 aliphatic rings.